The molecular formula is C13H11N3O2S. The number of hydrogen-bond acceptors (Lipinski definition) is 4. The van der Waals surface area contributed by atoms with E-state index in [0.29, 0.717) is 12.1 Å². The number of carbonyl (C=O) groups is 1. The Morgan fingerprint density at radius 1 is 1.47 bits per heavy atom. The number of benzene rings is 1. The maximum atomic E-state index is 11.1. The van der Waals surface area contributed by atoms with Gasteiger partial charge in [0.1, 0.15) is 5.56 Å². The minimum absolute atomic E-state index is 0.256. The lowest BCUT2D eigenvalue weighted by Crippen LogP contribution is -2.05. The zero-order valence-electron chi connectivity index (χ0n) is 10.2. The fourth-order valence-electron chi connectivity index (χ4n) is 2.09. The van der Waals surface area contributed by atoms with Crippen LogP contribution in [0.4, 0.5) is 0 Å². The molecule has 5 nitrogen and oxygen atoms in total. The molecule has 1 aromatic carbocycles. The van der Waals surface area contributed by atoms with Crippen LogP contribution in [0, 0.1) is 0 Å². The summed E-state index contributed by atoms with van der Waals surface area (Å²) in [5.41, 5.74) is 4.56. The van der Waals surface area contributed by atoms with Crippen molar-refractivity contribution >= 4 is 27.5 Å². The van der Waals surface area contributed by atoms with Crippen LogP contribution in [-0.4, -0.2) is 25.8 Å². The maximum absolute atomic E-state index is 11.1. The molecule has 0 atom stereocenters. The van der Waals surface area contributed by atoms with E-state index >= 15 is 0 Å². The van der Waals surface area contributed by atoms with E-state index in [9.17, 15) is 4.79 Å². The summed E-state index contributed by atoms with van der Waals surface area (Å²) in [6.45, 7) is 1.92. The Bertz CT molecular complexity index is 760. The molecule has 3 rings (SSSR count). The third kappa shape index (κ3) is 1.90. The number of hydrogen-bond donors (Lipinski definition) is 1. The van der Waals surface area contributed by atoms with E-state index in [1.165, 1.54) is 6.20 Å². The fourth-order valence-corrected chi connectivity index (χ4v) is 2.80. The highest BCUT2D eigenvalue weighted by molar-refractivity contribution is 7.16. The van der Waals surface area contributed by atoms with Gasteiger partial charge in [0.15, 0.2) is 0 Å². The predicted octanol–water partition coefficient (Wildman–Crippen LogP) is 2.74. The number of fused-ring (bicyclic) bond motifs is 1. The number of carboxylic acids is 1. The predicted molar refractivity (Wildman–Crippen MR) is 73.1 cm³/mol. The Labute approximate surface area is 113 Å². The summed E-state index contributed by atoms with van der Waals surface area (Å²) in [4.78, 5) is 15.4. The number of rotatable bonds is 3. The zero-order chi connectivity index (χ0) is 13.4. The summed E-state index contributed by atoms with van der Waals surface area (Å²) in [5.74, 6) is -0.943. The van der Waals surface area contributed by atoms with Crippen molar-refractivity contribution in [3.63, 3.8) is 0 Å². The molecule has 0 saturated carbocycles. The van der Waals surface area contributed by atoms with Crippen LogP contribution in [0.15, 0.2) is 29.9 Å². The second-order valence-electron chi connectivity index (χ2n) is 4.08. The molecule has 1 N–H and O–H groups in total. The van der Waals surface area contributed by atoms with Crippen LogP contribution in [-0.2, 0) is 6.42 Å². The van der Waals surface area contributed by atoms with Gasteiger partial charge in [0.25, 0.3) is 0 Å². The largest absolute Gasteiger partial charge is 0.478 e. The minimum atomic E-state index is -0.943. The van der Waals surface area contributed by atoms with Gasteiger partial charge in [0.05, 0.1) is 33.3 Å². The summed E-state index contributed by atoms with van der Waals surface area (Å²) in [6, 6.07) is 5.80. The number of thiazole rings is 1. The quantitative estimate of drug-likeness (QED) is 0.796. The second-order valence-corrected chi connectivity index (χ2v) is 4.97. The molecule has 0 amide bonds. The van der Waals surface area contributed by atoms with Gasteiger partial charge in [0.2, 0.25) is 0 Å². The molecule has 0 radical (unpaired) electrons. The average molecular weight is 273 g/mol. The number of aromatic carboxylic acids is 1. The van der Waals surface area contributed by atoms with Crippen molar-refractivity contribution in [1.82, 2.24) is 14.8 Å². The smallest absolute Gasteiger partial charge is 0.339 e. The second kappa shape index (κ2) is 4.47. The third-order valence-electron chi connectivity index (χ3n) is 2.99. The van der Waals surface area contributed by atoms with Gasteiger partial charge in [-0.2, -0.15) is 5.10 Å². The SMILES string of the molecule is CCc1c(C(=O)O)cnn1-c1ccc2ncsc2c1. The topological polar surface area (TPSA) is 68.0 Å². The molecular weight excluding hydrogens is 262 g/mol. The van der Waals surface area contributed by atoms with Gasteiger partial charge < -0.3 is 5.11 Å². The fraction of sp³-hybridized carbons (Fsp3) is 0.154. The van der Waals surface area contributed by atoms with Gasteiger partial charge >= 0.3 is 5.97 Å². The Hall–Kier alpha value is -2.21. The summed E-state index contributed by atoms with van der Waals surface area (Å²) in [7, 11) is 0. The summed E-state index contributed by atoms with van der Waals surface area (Å²) in [5, 5.41) is 13.3. The van der Waals surface area contributed by atoms with Crippen LogP contribution in [0.5, 0.6) is 0 Å². The van der Waals surface area contributed by atoms with E-state index in [1.54, 1.807) is 21.5 Å². The van der Waals surface area contributed by atoms with Gasteiger partial charge in [-0.15, -0.1) is 11.3 Å². The van der Waals surface area contributed by atoms with Gasteiger partial charge in [-0.1, -0.05) is 6.92 Å². The van der Waals surface area contributed by atoms with Crippen LogP contribution >= 0.6 is 11.3 Å². The molecule has 3 aromatic rings. The zero-order valence-corrected chi connectivity index (χ0v) is 11.0. The molecule has 0 saturated heterocycles. The summed E-state index contributed by atoms with van der Waals surface area (Å²) in [6.07, 6.45) is 2.01. The van der Waals surface area contributed by atoms with Gasteiger partial charge in [-0.25, -0.2) is 14.5 Å². The molecule has 0 fully saturated rings. The monoisotopic (exact) mass is 273 g/mol. The number of aromatic nitrogens is 3. The summed E-state index contributed by atoms with van der Waals surface area (Å²) >= 11 is 1.55. The van der Waals surface area contributed by atoms with Crippen molar-refractivity contribution in [1.29, 1.82) is 0 Å². The Kier molecular flexibility index (Phi) is 2.79. The van der Waals surface area contributed by atoms with Crippen LogP contribution in [0.2, 0.25) is 0 Å². The third-order valence-corrected chi connectivity index (χ3v) is 3.79. The van der Waals surface area contributed by atoms with Crippen molar-refractivity contribution in [3.8, 4) is 5.69 Å². The van der Waals surface area contributed by atoms with E-state index in [4.69, 9.17) is 5.11 Å². The number of carboxylic acid groups (broad SMARTS) is 1. The highest BCUT2D eigenvalue weighted by Gasteiger charge is 2.16. The van der Waals surface area contributed by atoms with Crippen LogP contribution in [0.3, 0.4) is 0 Å². The van der Waals surface area contributed by atoms with E-state index in [1.807, 2.05) is 25.1 Å². The first-order valence-corrected chi connectivity index (χ1v) is 6.72. The lowest BCUT2D eigenvalue weighted by atomic mass is 10.2. The molecule has 0 aliphatic carbocycles. The van der Waals surface area contributed by atoms with Crippen molar-refractivity contribution < 1.29 is 9.90 Å². The van der Waals surface area contributed by atoms with Crippen LogP contribution < -0.4 is 0 Å². The molecule has 0 aliphatic heterocycles. The average Bonchev–Trinajstić information content (AvgIpc) is 3.03. The molecule has 19 heavy (non-hydrogen) atoms. The molecule has 6 heteroatoms. The highest BCUT2D eigenvalue weighted by atomic mass is 32.1. The van der Waals surface area contributed by atoms with Crippen LogP contribution in [0.1, 0.15) is 23.0 Å². The Morgan fingerprint density at radius 2 is 2.32 bits per heavy atom. The lowest BCUT2D eigenvalue weighted by molar-refractivity contribution is 0.0695. The molecule has 2 heterocycles. The van der Waals surface area contributed by atoms with Crippen molar-refractivity contribution in [2.75, 3.05) is 0 Å². The standard InChI is InChI=1S/C13H11N3O2S/c1-2-11-9(13(17)18)6-15-16(11)8-3-4-10-12(5-8)19-7-14-10/h3-7H,2H2,1H3,(H,17,18). The molecule has 0 unspecified atom stereocenters. The maximum Gasteiger partial charge on any atom is 0.339 e. The molecule has 0 spiro atoms. The van der Waals surface area contributed by atoms with Gasteiger partial charge in [0, 0.05) is 0 Å². The normalized spacial score (nSPS) is 11.0. The first-order valence-electron chi connectivity index (χ1n) is 5.84. The van der Waals surface area contributed by atoms with E-state index < -0.39 is 5.97 Å². The first kappa shape index (κ1) is 11.9. The van der Waals surface area contributed by atoms with Crippen molar-refractivity contribution in [3.05, 3.63) is 41.2 Å². The van der Waals surface area contributed by atoms with Crippen molar-refractivity contribution in [2.24, 2.45) is 0 Å². The van der Waals surface area contributed by atoms with E-state index in [2.05, 4.69) is 10.1 Å². The highest BCUT2D eigenvalue weighted by Crippen LogP contribution is 2.23. The Morgan fingerprint density at radius 3 is 3.05 bits per heavy atom. The lowest BCUT2D eigenvalue weighted by Gasteiger charge is -2.06. The van der Waals surface area contributed by atoms with E-state index in [0.717, 1.165) is 15.9 Å². The molecule has 96 valence electrons. The summed E-state index contributed by atoms with van der Waals surface area (Å²) < 4.78 is 2.75. The Balaban J connectivity index is 2.17. The molecule has 0 aliphatic rings. The van der Waals surface area contributed by atoms with Gasteiger partial charge in [-0.3, -0.25) is 0 Å². The van der Waals surface area contributed by atoms with Crippen molar-refractivity contribution in [2.45, 2.75) is 13.3 Å². The van der Waals surface area contributed by atoms with Gasteiger partial charge in [-0.05, 0) is 24.6 Å². The first-order chi connectivity index (χ1) is 9.20. The molecule has 0 bridgehead atoms. The number of nitrogens with zero attached hydrogens (tertiary/aromatic N) is 3. The van der Waals surface area contributed by atoms with Crippen LogP contribution in [0.25, 0.3) is 15.9 Å². The minimum Gasteiger partial charge on any atom is -0.478 e. The van der Waals surface area contributed by atoms with E-state index in [-0.39, 0.29) is 5.56 Å². The molecule has 2 aromatic heterocycles.